The number of aromatic nitrogens is 1. The SMILES string of the molecule is COCC(C)CNC(=O)[C@@H](N)Cc1c[nH]c2ccccc12. The Morgan fingerprint density at radius 1 is 1.43 bits per heavy atom. The lowest BCUT2D eigenvalue weighted by atomic mass is 10.0. The number of nitrogens with one attached hydrogen (secondary N) is 2. The summed E-state index contributed by atoms with van der Waals surface area (Å²) >= 11 is 0. The van der Waals surface area contributed by atoms with Crippen LogP contribution in [0.25, 0.3) is 10.9 Å². The first-order chi connectivity index (χ1) is 10.1. The smallest absolute Gasteiger partial charge is 0.237 e. The normalized spacial score (nSPS) is 14.0. The summed E-state index contributed by atoms with van der Waals surface area (Å²) in [5, 5.41) is 3.99. The average Bonchev–Trinajstić information content (AvgIpc) is 2.88. The van der Waals surface area contributed by atoms with Crippen molar-refractivity contribution in [2.75, 3.05) is 20.3 Å². The molecule has 21 heavy (non-hydrogen) atoms. The summed E-state index contributed by atoms with van der Waals surface area (Å²) in [7, 11) is 1.65. The van der Waals surface area contributed by atoms with Gasteiger partial charge in [-0.15, -0.1) is 0 Å². The van der Waals surface area contributed by atoms with Crippen molar-refractivity contribution < 1.29 is 9.53 Å². The Morgan fingerprint density at radius 3 is 2.95 bits per heavy atom. The van der Waals surface area contributed by atoms with E-state index < -0.39 is 6.04 Å². The van der Waals surface area contributed by atoms with E-state index in [9.17, 15) is 4.79 Å². The van der Waals surface area contributed by atoms with Gasteiger partial charge in [0.2, 0.25) is 5.91 Å². The number of aromatic amines is 1. The number of para-hydroxylation sites is 1. The molecule has 1 aromatic heterocycles. The molecule has 1 unspecified atom stereocenters. The zero-order chi connectivity index (χ0) is 15.2. The Balaban J connectivity index is 1.91. The van der Waals surface area contributed by atoms with E-state index in [4.69, 9.17) is 10.5 Å². The van der Waals surface area contributed by atoms with E-state index in [2.05, 4.69) is 10.3 Å². The maximum Gasteiger partial charge on any atom is 0.237 e. The maximum atomic E-state index is 12.0. The summed E-state index contributed by atoms with van der Waals surface area (Å²) in [6.07, 6.45) is 2.44. The van der Waals surface area contributed by atoms with Crippen LogP contribution in [0.4, 0.5) is 0 Å². The van der Waals surface area contributed by atoms with Gasteiger partial charge in [-0.05, 0) is 24.0 Å². The second-order valence-corrected chi connectivity index (χ2v) is 5.48. The van der Waals surface area contributed by atoms with Gasteiger partial charge in [0.25, 0.3) is 0 Å². The summed E-state index contributed by atoms with van der Waals surface area (Å²) in [6.45, 7) is 3.22. The largest absolute Gasteiger partial charge is 0.384 e. The van der Waals surface area contributed by atoms with Gasteiger partial charge in [-0.3, -0.25) is 4.79 Å². The zero-order valence-corrected chi connectivity index (χ0v) is 12.6. The summed E-state index contributed by atoms with van der Waals surface area (Å²) in [5.74, 6) is 0.155. The second-order valence-electron chi connectivity index (χ2n) is 5.48. The molecule has 0 spiro atoms. The quantitative estimate of drug-likeness (QED) is 0.721. The van der Waals surface area contributed by atoms with Crippen molar-refractivity contribution in [1.82, 2.24) is 10.3 Å². The van der Waals surface area contributed by atoms with Crippen molar-refractivity contribution in [3.63, 3.8) is 0 Å². The molecule has 2 rings (SSSR count). The molecule has 1 amide bonds. The molecule has 2 aromatic rings. The number of rotatable bonds is 7. The number of methoxy groups -OCH3 is 1. The van der Waals surface area contributed by atoms with Gasteiger partial charge >= 0.3 is 0 Å². The molecule has 2 atom stereocenters. The Morgan fingerprint density at radius 2 is 2.19 bits per heavy atom. The lowest BCUT2D eigenvalue weighted by Gasteiger charge is -2.15. The highest BCUT2D eigenvalue weighted by atomic mass is 16.5. The predicted molar refractivity (Wildman–Crippen MR) is 84.0 cm³/mol. The van der Waals surface area contributed by atoms with E-state index in [0.29, 0.717) is 19.6 Å². The molecule has 0 saturated heterocycles. The van der Waals surface area contributed by atoms with E-state index in [1.807, 2.05) is 37.4 Å². The first kappa shape index (κ1) is 15.5. The standard InChI is InChI=1S/C16H23N3O2/c1-11(10-21-2)8-19-16(20)14(17)7-12-9-18-15-6-4-3-5-13(12)15/h3-6,9,11,14,18H,7-8,10,17H2,1-2H3,(H,19,20)/t11?,14-/m0/s1. The molecule has 0 saturated carbocycles. The highest BCUT2D eigenvalue weighted by Crippen LogP contribution is 2.18. The zero-order valence-electron chi connectivity index (χ0n) is 12.6. The molecule has 0 fully saturated rings. The van der Waals surface area contributed by atoms with Gasteiger partial charge in [-0.2, -0.15) is 0 Å². The van der Waals surface area contributed by atoms with Crippen molar-refractivity contribution in [2.24, 2.45) is 11.7 Å². The molecule has 4 N–H and O–H groups in total. The van der Waals surface area contributed by atoms with Gasteiger partial charge in [-0.1, -0.05) is 25.1 Å². The van der Waals surface area contributed by atoms with Crippen molar-refractivity contribution in [3.8, 4) is 0 Å². The van der Waals surface area contributed by atoms with Crippen LogP contribution < -0.4 is 11.1 Å². The Kier molecular flexibility index (Phi) is 5.36. The van der Waals surface area contributed by atoms with E-state index >= 15 is 0 Å². The van der Waals surface area contributed by atoms with Crippen LogP contribution in [0.15, 0.2) is 30.5 Å². The van der Waals surface area contributed by atoms with Crippen LogP contribution in [-0.2, 0) is 16.0 Å². The van der Waals surface area contributed by atoms with Crippen LogP contribution >= 0.6 is 0 Å². The molecule has 0 radical (unpaired) electrons. The molecular weight excluding hydrogens is 266 g/mol. The Bertz CT molecular complexity index is 594. The number of hydrogen-bond acceptors (Lipinski definition) is 3. The van der Waals surface area contributed by atoms with Gasteiger partial charge in [0.05, 0.1) is 12.6 Å². The van der Waals surface area contributed by atoms with Crippen LogP contribution in [0, 0.1) is 5.92 Å². The van der Waals surface area contributed by atoms with Gasteiger partial charge in [-0.25, -0.2) is 0 Å². The molecule has 0 aliphatic rings. The minimum absolute atomic E-state index is 0.122. The topological polar surface area (TPSA) is 80.1 Å². The van der Waals surface area contributed by atoms with Crippen molar-refractivity contribution >= 4 is 16.8 Å². The molecule has 1 heterocycles. The third-order valence-electron chi connectivity index (χ3n) is 3.53. The maximum absolute atomic E-state index is 12.0. The first-order valence-electron chi connectivity index (χ1n) is 7.19. The van der Waals surface area contributed by atoms with E-state index in [1.54, 1.807) is 7.11 Å². The number of nitrogens with two attached hydrogens (primary N) is 1. The third-order valence-corrected chi connectivity index (χ3v) is 3.53. The predicted octanol–water partition coefficient (Wildman–Crippen LogP) is 1.44. The fourth-order valence-corrected chi connectivity index (χ4v) is 2.38. The Hall–Kier alpha value is -1.85. The number of hydrogen-bond donors (Lipinski definition) is 3. The van der Waals surface area contributed by atoms with E-state index in [1.165, 1.54) is 0 Å². The average molecular weight is 289 g/mol. The van der Waals surface area contributed by atoms with Gasteiger partial charge in [0.15, 0.2) is 0 Å². The van der Waals surface area contributed by atoms with Gasteiger partial charge in [0.1, 0.15) is 0 Å². The molecule has 5 nitrogen and oxygen atoms in total. The molecule has 0 bridgehead atoms. The fourth-order valence-electron chi connectivity index (χ4n) is 2.38. The highest BCUT2D eigenvalue weighted by Gasteiger charge is 2.16. The van der Waals surface area contributed by atoms with Crippen LogP contribution in [0.3, 0.4) is 0 Å². The third kappa shape index (κ3) is 4.06. The number of carbonyl (C=O) groups excluding carboxylic acids is 1. The van der Waals surface area contributed by atoms with Crippen LogP contribution in [0.5, 0.6) is 0 Å². The van der Waals surface area contributed by atoms with Gasteiger partial charge < -0.3 is 20.8 Å². The number of benzene rings is 1. The van der Waals surface area contributed by atoms with Crippen molar-refractivity contribution in [2.45, 2.75) is 19.4 Å². The van der Waals surface area contributed by atoms with E-state index in [0.717, 1.165) is 16.5 Å². The number of ether oxygens (including phenoxy) is 1. The fraction of sp³-hybridized carbons (Fsp3) is 0.438. The Labute approximate surface area is 124 Å². The van der Waals surface area contributed by atoms with Crippen molar-refractivity contribution in [1.29, 1.82) is 0 Å². The summed E-state index contributed by atoms with van der Waals surface area (Å²) in [6, 6.07) is 7.46. The summed E-state index contributed by atoms with van der Waals surface area (Å²) in [4.78, 5) is 15.2. The lowest BCUT2D eigenvalue weighted by molar-refractivity contribution is -0.122. The minimum atomic E-state index is -0.543. The molecule has 1 aromatic carbocycles. The molecular formula is C16H23N3O2. The van der Waals surface area contributed by atoms with Crippen molar-refractivity contribution in [3.05, 3.63) is 36.0 Å². The lowest BCUT2D eigenvalue weighted by Crippen LogP contribution is -2.43. The van der Waals surface area contributed by atoms with Crippen LogP contribution in [0.1, 0.15) is 12.5 Å². The monoisotopic (exact) mass is 289 g/mol. The van der Waals surface area contributed by atoms with Crippen LogP contribution in [0.2, 0.25) is 0 Å². The number of H-pyrrole nitrogens is 1. The number of amides is 1. The number of carbonyl (C=O) groups is 1. The molecule has 0 aliphatic carbocycles. The van der Waals surface area contributed by atoms with E-state index in [-0.39, 0.29) is 11.8 Å². The summed E-state index contributed by atoms with van der Waals surface area (Å²) < 4.78 is 5.04. The number of fused-ring (bicyclic) bond motifs is 1. The van der Waals surface area contributed by atoms with Crippen LogP contribution in [-0.4, -0.2) is 37.2 Å². The van der Waals surface area contributed by atoms with Gasteiger partial charge in [0, 0.05) is 30.8 Å². The first-order valence-corrected chi connectivity index (χ1v) is 7.19. The minimum Gasteiger partial charge on any atom is -0.384 e. The highest BCUT2D eigenvalue weighted by molar-refractivity contribution is 5.86. The summed E-state index contributed by atoms with van der Waals surface area (Å²) in [5.41, 5.74) is 8.13. The molecule has 0 aliphatic heterocycles. The molecule has 114 valence electrons. The molecule has 5 heteroatoms. The second kappa shape index (κ2) is 7.24.